The summed E-state index contributed by atoms with van der Waals surface area (Å²) in [4.78, 5) is 25.7. The molecule has 2 saturated heterocycles. The van der Waals surface area contributed by atoms with Gasteiger partial charge in [0.25, 0.3) is 5.91 Å². The minimum Gasteiger partial charge on any atom is -0.484 e. The van der Waals surface area contributed by atoms with Gasteiger partial charge >= 0.3 is 5.97 Å². The summed E-state index contributed by atoms with van der Waals surface area (Å²) < 4.78 is 23.1. The summed E-state index contributed by atoms with van der Waals surface area (Å²) in [5.74, 6) is -0.214. The van der Waals surface area contributed by atoms with Crippen molar-refractivity contribution in [3.63, 3.8) is 0 Å². The van der Waals surface area contributed by atoms with Crippen molar-refractivity contribution >= 4 is 11.9 Å². The minimum atomic E-state index is -0.343. The number of likely N-dealkylation sites (tertiary alicyclic amines) is 1. The largest absolute Gasteiger partial charge is 0.484 e. The Morgan fingerprint density at radius 2 is 1.96 bits per heavy atom. The third-order valence-electron chi connectivity index (χ3n) is 4.43. The molecule has 6 nitrogen and oxygen atoms in total. The highest BCUT2D eigenvalue weighted by molar-refractivity contribution is 5.78. The van der Waals surface area contributed by atoms with Crippen molar-refractivity contribution in [2.24, 2.45) is 0 Å². The fourth-order valence-corrected chi connectivity index (χ4v) is 3.12. The summed E-state index contributed by atoms with van der Waals surface area (Å²) in [6.07, 6.45) is 2.35. The number of nitrogens with one attached hydrogen (secondary N) is 1. The molecule has 1 N–H and O–H groups in total. The molecule has 0 aliphatic carbocycles. The molecular formula is C17H21FN2O4. The molecular weight excluding hydrogens is 315 g/mol. The van der Waals surface area contributed by atoms with Crippen LogP contribution in [0.4, 0.5) is 4.39 Å². The highest BCUT2D eigenvalue weighted by Crippen LogP contribution is 2.19. The van der Waals surface area contributed by atoms with Gasteiger partial charge in [-0.05, 0) is 37.1 Å². The number of carbonyl (C=O) groups excluding carboxylic acids is 2. The van der Waals surface area contributed by atoms with Crippen LogP contribution in [0.3, 0.4) is 0 Å². The lowest BCUT2D eigenvalue weighted by molar-refractivity contribution is -0.142. The second-order valence-electron chi connectivity index (χ2n) is 6.09. The Kier molecular flexibility index (Phi) is 5.30. The molecule has 130 valence electrons. The molecule has 0 unspecified atom stereocenters. The van der Waals surface area contributed by atoms with Gasteiger partial charge < -0.3 is 14.8 Å². The van der Waals surface area contributed by atoms with Gasteiger partial charge in [0.1, 0.15) is 17.6 Å². The Morgan fingerprint density at radius 3 is 2.58 bits per heavy atom. The number of cyclic esters (lactones) is 1. The molecule has 1 aromatic carbocycles. The van der Waals surface area contributed by atoms with Gasteiger partial charge in [-0.2, -0.15) is 0 Å². The summed E-state index contributed by atoms with van der Waals surface area (Å²) in [5.41, 5.74) is 0. The van der Waals surface area contributed by atoms with E-state index in [0.29, 0.717) is 12.4 Å². The highest BCUT2D eigenvalue weighted by Gasteiger charge is 2.34. The van der Waals surface area contributed by atoms with Crippen molar-refractivity contribution in [1.29, 1.82) is 0 Å². The molecule has 0 aromatic heterocycles. The van der Waals surface area contributed by atoms with Gasteiger partial charge in [0.2, 0.25) is 0 Å². The van der Waals surface area contributed by atoms with E-state index < -0.39 is 0 Å². The van der Waals surface area contributed by atoms with Crippen molar-refractivity contribution in [2.75, 3.05) is 26.3 Å². The van der Waals surface area contributed by atoms with Gasteiger partial charge in [-0.3, -0.25) is 14.5 Å². The van der Waals surface area contributed by atoms with Crippen molar-refractivity contribution in [2.45, 2.75) is 31.3 Å². The number of esters is 1. The van der Waals surface area contributed by atoms with E-state index >= 15 is 0 Å². The van der Waals surface area contributed by atoms with Crippen molar-refractivity contribution in [3.8, 4) is 5.75 Å². The number of carbonyl (C=O) groups is 2. The average molecular weight is 336 g/mol. The molecule has 7 heteroatoms. The fourth-order valence-electron chi connectivity index (χ4n) is 3.12. The van der Waals surface area contributed by atoms with E-state index in [1.54, 1.807) is 0 Å². The van der Waals surface area contributed by atoms with Crippen LogP contribution in [0.5, 0.6) is 5.75 Å². The third kappa shape index (κ3) is 4.23. The van der Waals surface area contributed by atoms with E-state index in [1.165, 1.54) is 24.3 Å². The number of piperidine rings is 1. The highest BCUT2D eigenvalue weighted by atomic mass is 19.1. The summed E-state index contributed by atoms with van der Waals surface area (Å²) >= 11 is 0. The number of hydrogen-bond acceptors (Lipinski definition) is 5. The zero-order valence-corrected chi connectivity index (χ0v) is 13.4. The molecule has 1 amide bonds. The van der Waals surface area contributed by atoms with Crippen molar-refractivity contribution in [1.82, 2.24) is 10.2 Å². The zero-order chi connectivity index (χ0) is 16.9. The number of benzene rings is 1. The van der Waals surface area contributed by atoms with Gasteiger partial charge in [-0.15, -0.1) is 0 Å². The maximum Gasteiger partial charge on any atom is 0.323 e. The van der Waals surface area contributed by atoms with Crippen LogP contribution in [0.1, 0.15) is 19.3 Å². The Balaban J connectivity index is 1.38. The maximum absolute atomic E-state index is 12.8. The second-order valence-corrected chi connectivity index (χ2v) is 6.09. The third-order valence-corrected chi connectivity index (χ3v) is 4.43. The Hall–Kier alpha value is -2.15. The quantitative estimate of drug-likeness (QED) is 0.816. The van der Waals surface area contributed by atoms with E-state index in [-0.39, 0.29) is 36.4 Å². The molecule has 0 radical (unpaired) electrons. The van der Waals surface area contributed by atoms with Crippen LogP contribution in [-0.2, 0) is 14.3 Å². The Morgan fingerprint density at radius 1 is 1.25 bits per heavy atom. The molecule has 0 bridgehead atoms. The molecule has 2 aliphatic heterocycles. The molecule has 2 aliphatic rings. The smallest absolute Gasteiger partial charge is 0.323 e. The molecule has 2 fully saturated rings. The predicted molar refractivity (Wildman–Crippen MR) is 84.0 cm³/mol. The first-order chi connectivity index (χ1) is 11.6. The molecule has 24 heavy (non-hydrogen) atoms. The van der Waals surface area contributed by atoms with E-state index in [4.69, 9.17) is 9.47 Å². The molecule has 2 heterocycles. The number of halogens is 1. The normalized spacial score (nSPS) is 22.2. The average Bonchev–Trinajstić information content (AvgIpc) is 3.01. The summed E-state index contributed by atoms with van der Waals surface area (Å²) in [5, 5.41) is 2.94. The number of nitrogens with zero attached hydrogens (tertiary/aromatic N) is 1. The zero-order valence-electron chi connectivity index (χ0n) is 13.4. The van der Waals surface area contributed by atoms with E-state index in [1.807, 2.05) is 0 Å². The van der Waals surface area contributed by atoms with Crippen molar-refractivity contribution in [3.05, 3.63) is 30.1 Å². The van der Waals surface area contributed by atoms with Crippen LogP contribution in [0, 0.1) is 5.82 Å². The van der Waals surface area contributed by atoms with Gasteiger partial charge in [0.15, 0.2) is 6.61 Å². The summed E-state index contributed by atoms with van der Waals surface area (Å²) in [6.45, 7) is 1.94. The van der Waals surface area contributed by atoms with Gasteiger partial charge in [0.05, 0.1) is 6.61 Å². The standard InChI is InChI=1S/C17H21FN2O4/c18-12-1-3-14(4-2-12)24-11-16(21)19-13-5-8-20(9-6-13)15-7-10-23-17(15)22/h1-4,13,15H,5-11H2,(H,19,21)/t15-/m0/s1. The first-order valence-corrected chi connectivity index (χ1v) is 8.20. The van der Waals surface area contributed by atoms with Crippen LogP contribution >= 0.6 is 0 Å². The molecule has 3 rings (SSSR count). The summed E-state index contributed by atoms with van der Waals surface area (Å²) in [6, 6.07) is 5.52. The number of hydrogen-bond donors (Lipinski definition) is 1. The molecule has 1 atom stereocenters. The molecule has 0 saturated carbocycles. The molecule has 0 spiro atoms. The summed E-state index contributed by atoms with van der Waals surface area (Å²) in [7, 11) is 0. The SMILES string of the molecule is O=C(COc1ccc(F)cc1)NC1CCN([C@H]2CCOC2=O)CC1. The van der Waals surface area contributed by atoms with Crippen LogP contribution in [-0.4, -0.2) is 55.2 Å². The predicted octanol–water partition coefficient (Wildman–Crippen LogP) is 1.10. The van der Waals surface area contributed by atoms with E-state index in [9.17, 15) is 14.0 Å². The maximum atomic E-state index is 12.8. The number of rotatable bonds is 5. The van der Waals surface area contributed by atoms with Crippen LogP contribution in [0.15, 0.2) is 24.3 Å². The van der Waals surface area contributed by atoms with Crippen molar-refractivity contribution < 1.29 is 23.5 Å². The second kappa shape index (κ2) is 7.61. The van der Waals surface area contributed by atoms with E-state index in [0.717, 1.165) is 32.4 Å². The van der Waals surface area contributed by atoms with Crippen LogP contribution in [0.25, 0.3) is 0 Å². The van der Waals surface area contributed by atoms with Gasteiger partial charge in [-0.25, -0.2) is 4.39 Å². The lowest BCUT2D eigenvalue weighted by Crippen LogP contribution is -2.49. The minimum absolute atomic E-state index is 0.0861. The lowest BCUT2D eigenvalue weighted by Gasteiger charge is -2.34. The van der Waals surface area contributed by atoms with Crippen LogP contribution < -0.4 is 10.1 Å². The first-order valence-electron chi connectivity index (χ1n) is 8.20. The Labute approximate surface area is 139 Å². The first kappa shape index (κ1) is 16.7. The Bertz CT molecular complexity index is 585. The monoisotopic (exact) mass is 336 g/mol. The topological polar surface area (TPSA) is 67.9 Å². The number of amides is 1. The fraction of sp³-hybridized carbons (Fsp3) is 0.529. The van der Waals surface area contributed by atoms with E-state index in [2.05, 4.69) is 10.2 Å². The van der Waals surface area contributed by atoms with Crippen LogP contribution in [0.2, 0.25) is 0 Å². The lowest BCUT2D eigenvalue weighted by atomic mass is 10.0. The number of ether oxygens (including phenoxy) is 2. The van der Waals surface area contributed by atoms with Gasteiger partial charge in [-0.1, -0.05) is 0 Å². The molecule has 1 aromatic rings. The van der Waals surface area contributed by atoms with Gasteiger partial charge in [0, 0.05) is 25.6 Å².